The third-order valence-electron chi connectivity index (χ3n) is 1.47. The highest BCUT2D eigenvalue weighted by molar-refractivity contribution is 5.58. The Morgan fingerprint density at radius 2 is 2.00 bits per heavy atom. The van der Waals surface area contributed by atoms with Crippen molar-refractivity contribution in [1.82, 2.24) is 0 Å². The first kappa shape index (κ1) is 10.3. The lowest BCUT2D eigenvalue weighted by atomic mass is 10.2. The third kappa shape index (κ3) is 2.11. The topological polar surface area (TPSA) is 49.7 Å². The van der Waals surface area contributed by atoms with Gasteiger partial charge < -0.3 is 5.11 Å². The molecule has 1 N–H and O–H groups in total. The number of isocyanates is 1. The summed E-state index contributed by atoms with van der Waals surface area (Å²) in [7, 11) is 0. The standard InChI is InChI=1S/C8H4F3NO2/c9-8(10,11)5-1-2-7(14)6(3-5)12-4-13/h1-3,14H. The van der Waals surface area contributed by atoms with Crippen LogP contribution in [0.25, 0.3) is 0 Å². The van der Waals surface area contributed by atoms with Gasteiger partial charge in [-0.25, -0.2) is 4.79 Å². The summed E-state index contributed by atoms with van der Waals surface area (Å²) in [5, 5.41) is 8.99. The van der Waals surface area contributed by atoms with Crippen molar-refractivity contribution in [2.75, 3.05) is 0 Å². The monoisotopic (exact) mass is 203 g/mol. The number of phenolic OH excluding ortho intramolecular Hbond substituents is 1. The van der Waals surface area contributed by atoms with Crippen LogP contribution in [0.15, 0.2) is 23.2 Å². The van der Waals surface area contributed by atoms with E-state index in [1.54, 1.807) is 0 Å². The Morgan fingerprint density at radius 1 is 1.36 bits per heavy atom. The molecule has 1 rings (SSSR count). The van der Waals surface area contributed by atoms with Gasteiger partial charge in [0.1, 0.15) is 11.4 Å². The van der Waals surface area contributed by atoms with Crippen LogP contribution < -0.4 is 0 Å². The Bertz CT molecular complexity index is 394. The summed E-state index contributed by atoms with van der Waals surface area (Å²) in [4.78, 5) is 12.7. The van der Waals surface area contributed by atoms with E-state index < -0.39 is 23.2 Å². The summed E-state index contributed by atoms with van der Waals surface area (Å²) in [6.45, 7) is 0. The normalized spacial score (nSPS) is 10.8. The summed E-state index contributed by atoms with van der Waals surface area (Å²) < 4.78 is 36.4. The number of nitrogens with zero attached hydrogens (tertiary/aromatic N) is 1. The quantitative estimate of drug-likeness (QED) is 0.562. The van der Waals surface area contributed by atoms with Crippen molar-refractivity contribution in [3.63, 3.8) is 0 Å². The molecule has 0 aliphatic rings. The predicted molar refractivity (Wildman–Crippen MR) is 40.9 cm³/mol. The molecule has 3 nitrogen and oxygen atoms in total. The number of carbonyl (C=O) groups excluding carboxylic acids is 1. The molecule has 6 heteroatoms. The number of halogens is 3. The molecule has 14 heavy (non-hydrogen) atoms. The van der Waals surface area contributed by atoms with Gasteiger partial charge >= 0.3 is 6.18 Å². The van der Waals surface area contributed by atoms with Crippen molar-refractivity contribution >= 4 is 11.8 Å². The van der Waals surface area contributed by atoms with E-state index in [1.807, 2.05) is 0 Å². The lowest BCUT2D eigenvalue weighted by Gasteiger charge is -2.06. The molecular formula is C8H4F3NO2. The molecule has 0 aliphatic heterocycles. The first-order chi connectivity index (χ1) is 6.45. The Labute approximate surface area is 76.5 Å². The number of aliphatic imine (C=N–C) groups is 1. The van der Waals surface area contributed by atoms with Crippen molar-refractivity contribution in [1.29, 1.82) is 0 Å². The van der Waals surface area contributed by atoms with Crippen LogP contribution in [-0.4, -0.2) is 11.2 Å². The highest BCUT2D eigenvalue weighted by Crippen LogP contribution is 2.35. The van der Waals surface area contributed by atoms with E-state index >= 15 is 0 Å². The van der Waals surface area contributed by atoms with Crippen molar-refractivity contribution in [2.24, 2.45) is 4.99 Å². The van der Waals surface area contributed by atoms with Gasteiger partial charge in [-0.2, -0.15) is 18.2 Å². The summed E-state index contributed by atoms with van der Waals surface area (Å²) in [6.07, 6.45) is -3.48. The fourth-order valence-corrected chi connectivity index (χ4v) is 0.838. The molecule has 0 bridgehead atoms. The molecule has 0 saturated carbocycles. The van der Waals surface area contributed by atoms with Crippen LogP contribution in [0, 0.1) is 0 Å². The Hall–Kier alpha value is -1.81. The van der Waals surface area contributed by atoms with E-state index in [0.29, 0.717) is 12.1 Å². The van der Waals surface area contributed by atoms with Gasteiger partial charge in [-0.05, 0) is 18.2 Å². The molecule has 0 aliphatic carbocycles. The smallest absolute Gasteiger partial charge is 0.416 e. The van der Waals surface area contributed by atoms with Gasteiger partial charge in [0.05, 0.1) is 5.56 Å². The Morgan fingerprint density at radius 3 is 2.50 bits per heavy atom. The SMILES string of the molecule is O=C=Nc1cc(C(F)(F)F)ccc1O. The molecule has 0 aromatic heterocycles. The van der Waals surface area contributed by atoms with E-state index in [0.717, 1.165) is 12.1 Å². The van der Waals surface area contributed by atoms with Gasteiger partial charge in [0, 0.05) is 0 Å². The average Bonchev–Trinajstić information content (AvgIpc) is 2.07. The van der Waals surface area contributed by atoms with Gasteiger partial charge in [0.15, 0.2) is 0 Å². The minimum absolute atomic E-state index is 0.449. The second kappa shape index (κ2) is 3.51. The molecule has 74 valence electrons. The van der Waals surface area contributed by atoms with Crippen molar-refractivity contribution in [2.45, 2.75) is 6.18 Å². The molecule has 0 heterocycles. The van der Waals surface area contributed by atoms with E-state index in [2.05, 4.69) is 4.99 Å². The van der Waals surface area contributed by atoms with Crippen LogP contribution in [0.2, 0.25) is 0 Å². The van der Waals surface area contributed by atoms with Crippen molar-refractivity contribution in [3.8, 4) is 5.75 Å². The van der Waals surface area contributed by atoms with Crippen molar-refractivity contribution in [3.05, 3.63) is 23.8 Å². The molecule has 1 aromatic rings. The van der Waals surface area contributed by atoms with Crippen LogP contribution in [0.4, 0.5) is 18.9 Å². The minimum atomic E-state index is -4.53. The number of aromatic hydroxyl groups is 1. The summed E-state index contributed by atoms with van der Waals surface area (Å²) >= 11 is 0. The minimum Gasteiger partial charge on any atom is -0.506 e. The van der Waals surface area contributed by atoms with Crippen LogP contribution in [0.5, 0.6) is 5.75 Å². The lowest BCUT2D eigenvalue weighted by Crippen LogP contribution is -2.03. The largest absolute Gasteiger partial charge is 0.506 e. The number of alkyl halides is 3. The van der Waals surface area contributed by atoms with Crippen LogP contribution in [0.1, 0.15) is 5.56 Å². The van der Waals surface area contributed by atoms with Gasteiger partial charge in [-0.15, -0.1) is 0 Å². The number of benzene rings is 1. The number of rotatable bonds is 1. The Balaban J connectivity index is 3.26. The summed E-state index contributed by atoms with van der Waals surface area (Å²) in [5.41, 5.74) is -1.43. The van der Waals surface area contributed by atoms with Gasteiger partial charge in [0.2, 0.25) is 6.08 Å². The maximum absolute atomic E-state index is 12.1. The Kier molecular flexibility index (Phi) is 2.58. The molecule has 0 fully saturated rings. The molecule has 0 amide bonds. The van der Waals surface area contributed by atoms with E-state index in [-0.39, 0.29) is 0 Å². The molecule has 1 aromatic carbocycles. The molecule has 0 unspecified atom stereocenters. The van der Waals surface area contributed by atoms with Crippen LogP contribution >= 0.6 is 0 Å². The lowest BCUT2D eigenvalue weighted by molar-refractivity contribution is -0.137. The molecule has 0 spiro atoms. The third-order valence-corrected chi connectivity index (χ3v) is 1.47. The average molecular weight is 203 g/mol. The van der Waals surface area contributed by atoms with Gasteiger partial charge in [0.25, 0.3) is 0 Å². The van der Waals surface area contributed by atoms with Gasteiger partial charge in [-0.1, -0.05) is 0 Å². The maximum atomic E-state index is 12.1. The molecular weight excluding hydrogens is 199 g/mol. The maximum Gasteiger partial charge on any atom is 0.416 e. The number of hydrogen-bond donors (Lipinski definition) is 1. The first-order valence-electron chi connectivity index (χ1n) is 3.43. The second-order valence-corrected chi connectivity index (χ2v) is 2.40. The predicted octanol–water partition coefficient (Wildman–Crippen LogP) is 2.38. The second-order valence-electron chi connectivity index (χ2n) is 2.40. The fourth-order valence-electron chi connectivity index (χ4n) is 0.838. The highest BCUT2D eigenvalue weighted by atomic mass is 19.4. The van der Waals surface area contributed by atoms with E-state index in [9.17, 15) is 18.0 Å². The van der Waals surface area contributed by atoms with Crippen LogP contribution in [0.3, 0.4) is 0 Å². The highest BCUT2D eigenvalue weighted by Gasteiger charge is 2.31. The first-order valence-corrected chi connectivity index (χ1v) is 3.43. The molecule has 0 radical (unpaired) electrons. The zero-order valence-electron chi connectivity index (χ0n) is 6.67. The molecule has 0 atom stereocenters. The summed E-state index contributed by atoms with van der Waals surface area (Å²) in [6, 6.07) is 2.08. The summed E-state index contributed by atoms with van der Waals surface area (Å²) in [5.74, 6) is -0.499. The number of phenols is 1. The zero-order chi connectivity index (χ0) is 10.8. The van der Waals surface area contributed by atoms with Crippen molar-refractivity contribution < 1.29 is 23.1 Å². The number of hydrogen-bond acceptors (Lipinski definition) is 3. The van der Waals surface area contributed by atoms with E-state index in [4.69, 9.17) is 5.11 Å². The molecule has 0 saturated heterocycles. The van der Waals surface area contributed by atoms with E-state index in [1.165, 1.54) is 0 Å². The zero-order valence-corrected chi connectivity index (χ0v) is 6.67. The fraction of sp³-hybridized carbons (Fsp3) is 0.125. The van der Waals surface area contributed by atoms with Crippen LogP contribution in [-0.2, 0) is 11.0 Å². The van der Waals surface area contributed by atoms with Gasteiger partial charge in [-0.3, -0.25) is 0 Å².